The van der Waals surface area contributed by atoms with Crippen LogP contribution in [-0.4, -0.2) is 27.4 Å². The molecule has 25 heavy (non-hydrogen) atoms. The first kappa shape index (κ1) is 19.4. The molecule has 0 aliphatic heterocycles. The smallest absolute Gasteiger partial charge is 0.240 e. The van der Waals surface area contributed by atoms with Crippen molar-refractivity contribution < 1.29 is 13.2 Å². The van der Waals surface area contributed by atoms with Gasteiger partial charge >= 0.3 is 0 Å². The Bertz CT molecular complexity index is 818. The van der Waals surface area contributed by atoms with E-state index in [0.29, 0.717) is 5.02 Å². The molecule has 1 amide bonds. The van der Waals surface area contributed by atoms with Crippen molar-refractivity contribution in [1.82, 2.24) is 4.72 Å². The molecule has 0 heterocycles. The molecule has 0 bridgehead atoms. The van der Waals surface area contributed by atoms with Crippen molar-refractivity contribution in [1.29, 1.82) is 0 Å². The van der Waals surface area contributed by atoms with Gasteiger partial charge in [-0.3, -0.25) is 4.79 Å². The van der Waals surface area contributed by atoms with Gasteiger partial charge in [0.1, 0.15) is 0 Å². The molecule has 2 aromatic carbocycles. The zero-order chi connectivity index (χ0) is 18.4. The summed E-state index contributed by atoms with van der Waals surface area (Å²) in [5, 5.41) is 0.470. The molecule has 0 atom stereocenters. The minimum absolute atomic E-state index is 0.111. The van der Waals surface area contributed by atoms with Crippen LogP contribution in [-0.2, 0) is 21.2 Å². The fourth-order valence-corrected chi connectivity index (χ4v) is 3.52. The van der Waals surface area contributed by atoms with Crippen molar-refractivity contribution in [3.05, 3.63) is 59.1 Å². The van der Waals surface area contributed by atoms with Crippen LogP contribution >= 0.6 is 11.6 Å². The van der Waals surface area contributed by atoms with Crippen LogP contribution in [0.1, 0.15) is 19.4 Å². The Kier molecular flexibility index (Phi) is 6.58. The van der Waals surface area contributed by atoms with Crippen molar-refractivity contribution >= 4 is 33.2 Å². The molecule has 0 unspecified atom stereocenters. The lowest BCUT2D eigenvalue weighted by Gasteiger charge is -2.21. The molecular weight excluding hydrogens is 360 g/mol. The Balaban J connectivity index is 2.03. The van der Waals surface area contributed by atoms with Crippen LogP contribution in [0.2, 0.25) is 5.02 Å². The van der Waals surface area contributed by atoms with E-state index >= 15 is 0 Å². The SMILES string of the molecule is CCc1ccc(N(CCNS(=O)(=O)c2ccc(Cl)cc2)C(C)=O)cc1. The number of carbonyl (C=O) groups is 1. The third-order valence-corrected chi connectivity index (χ3v) is 5.52. The van der Waals surface area contributed by atoms with Gasteiger partial charge in [-0.25, -0.2) is 13.1 Å². The molecule has 0 aliphatic carbocycles. The number of benzene rings is 2. The molecule has 0 aliphatic rings. The number of hydrogen-bond acceptors (Lipinski definition) is 3. The molecule has 5 nitrogen and oxygen atoms in total. The minimum Gasteiger partial charge on any atom is -0.311 e. The molecule has 0 radical (unpaired) electrons. The lowest BCUT2D eigenvalue weighted by atomic mass is 10.1. The zero-order valence-corrected chi connectivity index (χ0v) is 15.8. The van der Waals surface area contributed by atoms with Gasteiger partial charge in [0, 0.05) is 30.7 Å². The van der Waals surface area contributed by atoms with E-state index in [1.807, 2.05) is 24.3 Å². The van der Waals surface area contributed by atoms with Crippen molar-refractivity contribution in [3.63, 3.8) is 0 Å². The summed E-state index contributed by atoms with van der Waals surface area (Å²) in [6.07, 6.45) is 0.918. The van der Waals surface area contributed by atoms with Crippen molar-refractivity contribution in [2.24, 2.45) is 0 Å². The predicted octanol–water partition coefficient (Wildman–Crippen LogP) is 3.23. The summed E-state index contributed by atoms with van der Waals surface area (Å²) in [4.78, 5) is 13.6. The second-order valence-corrected chi connectivity index (χ2v) is 7.75. The molecular formula is C18H21ClN2O3S. The van der Waals surface area contributed by atoms with Gasteiger partial charge in [0.05, 0.1) is 4.90 Å². The van der Waals surface area contributed by atoms with Crippen LogP contribution in [0.4, 0.5) is 5.69 Å². The average Bonchev–Trinajstić information content (AvgIpc) is 2.59. The minimum atomic E-state index is -3.64. The van der Waals surface area contributed by atoms with E-state index in [-0.39, 0.29) is 23.9 Å². The van der Waals surface area contributed by atoms with E-state index in [1.54, 1.807) is 4.90 Å². The average molecular weight is 381 g/mol. The van der Waals surface area contributed by atoms with E-state index in [0.717, 1.165) is 12.1 Å². The number of amides is 1. The lowest BCUT2D eigenvalue weighted by molar-refractivity contribution is -0.116. The summed E-state index contributed by atoms with van der Waals surface area (Å²) in [5.41, 5.74) is 1.92. The Labute approximate surface area is 153 Å². The highest BCUT2D eigenvalue weighted by Gasteiger charge is 2.16. The fraction of sp³-hybridized carbons (Fsp3) is 0.278. The summed E-state index contributed by atoms with van der Waals surface area (Å²) in [5.74, 6) is -0.144. The van der Waals surface area contributed by atoms with Gasteiger partial charge < -0.3 is 4.90 Å². The van der Waals surface area contributed by atoms with Gasteiger partial charge in [0.25, 0.3) is 0 Å². The molecule has 0 spiro atoms. The van der Waals surface area contributed by atoms with Gasteiger partial charge in [-0.05, 0) is 48.4 Å². The molecule has 7 heteroatoms. The predicted molar refractivity (Wildman–Crippen MR) is 100 cm³/mol. The Hall–Kier alpha value is -1.89. The summed E-state index contributed by atoms with van der Waals surface area (Å²) in [6, 6.07) is 13.6. The number of hydrogen-bond donors (Lipinski definition) is 1. The van der Waals surface area contributed by atoms with Crippen molar-refractivity contribution in [2.45, 2.75) is 25.2 Å². The second kappa shape index (κ2) is 8.47. The number of rotatable bonds is 7. The highest BCUT2D eigenvalue weighted by Crippen LogP contribution is 2.16. The number of aryl methyl sites for hydroxylation is 1. The third-order valence-electron chi connectivity index (χ3n) is 3.79. The van der Waals surface area contributed by atoms with Gasteiger partial charge in [0.2, 0.25) is 15.9 Å². The Morgan fingerprint density at radius 1 is 1.08 bits per heavy atom. The van der Waals surface area contributed by atoms with E-state index in [4.69, 9.17) is 11.6 Å². The summed E-state index contributed by atoms with van der Waals surface area (Å²) in [6.45, 7) is 3.87. The van der Waals surface area contributed by atoms with E-state index in [9.17, 15) is 13.2 Å². The normalized spacial score (nSPS) is 11.3. The number of nitrogens with zero attached hydrogens (tertiary/aromatic N) is 1. The largest absolute Gasteiger partial charge is 0.311 e. The summed E-state index contributed by atoms with van der Waals surface area (Å²) >= 11 is 5.77. The first-order valence-electron chi connectivity index (χ1n) is 7.96. The van der Waals surface area contributed by atoms with Gasteiger partial charge in [-0.2, -0.15) is 0 Å². The van der Waals surface area contributed by atoms with Gasteiger partial charge in [0.15, 0.2) is 0 Å². The number of anilines is 1. The van der Waals surface area contributed by atoms with Crippen LogP contribution < -0.4 is 9.62 Å². The maximum absolute atomic E-state index is 12.3. The maximum atomic E-state index is 12.3. The molecule has 134 valence electrons. The molecule has 0 saturated heterocycles. The molecule has 0 aromatic heterocycles. The maximum Gasteiger partial charge on any atom is 0.240 e. The van der Waals surface area contributed by atoms with Crippen molar-refractivity contribution in [2.75, 3.05) is 18.0 Å². The van der Waals surface area contributed by atoms with E-state index in [1.165, 1.54) is 36.8 Å². The first-order valence-corrected chi connectivity index (χ1v) is 9.82. The summed E-state index contributed by atoms with van der Waals surface area (Å²) in [7, 11) is -3.64. The Morgan fingerprint density at radius 2 is 1.68 bits per heavy atom. The first-order chi connectivity index (χ1) is 11.8. The zero-order valence-electron chi connectivity index (χ0n) is 14.2. The molecule has 0 fully saturated rings. The monoisotopic (exact) mass is 380 g/mol. The second-order valence-electron chi connectivity index (χ2n) is 5.54. The van der Waals surface area contributed by atoms with Crippen LogP contribution in [0, 0.1) is 0 Å². The molecule has 1 N–H and O–H groups in total. The summed E-state index contributed by atoms with van der Waals surface area (Å²) < 4.78 is 27.0. The van der Waals surface area contributed by atoms with E-state index < -0.39 is 10.0 Å². The molecule has 2 aromatic rings. The van der Waals surface area contributed by atoms with Crippen LogP contribution in [0.5, 0.6) is 0 Å². The number of halogens is 1. The Morgan fingerprint density at radius 3 is 2.20 bits per heavy atom. The number of carbonyl (C=O) groups excluding carboxylic acids is 1. The van der Waals surface area contributed by atoms with Gasteiger partial charge in [-0.15, -0.1) is 0 Å². The van der Waals surface area contributed by atoms with Crippen LogP contribution in [0.25, 0.3) is 0 Å². The third kappa shape index (κ3) is 5.29. The molecule has 2 rings (SSSR count). The van der Waals surface area contributed by atoms with Crippen LogP contribution in [0.15, 0.2) is 53.4 Å². The standard InChI is InChI=1S/C18H21ClN2O3S/c1-3-15-4-8-17(9-5-15)21(14(2)22)13-12-20-25(23,24)18-10-6-16(19)7-11-18/h4-11,20H,3,12-13H2,1-2H3. The van der Waals surface area contributed by atoms with E-state index in [2.05, 4.69) is 11.6 Å². The topological polar surface area (TPSA) is 66.5 Å². The van der Waals surface area contributed by atoms with Gasteiger partial charge in [-0.1, -0.05) is 30.7 Å². The fourth-order valence-electron chi connectivity index (χ4n) is 2.37. The quantitative estimate of drug-likeness (QED) is 0.801. The van der Waals surface area contributed by atoms with Crippen molar-refractivity contribution in [3.8, 4) is 0 Å². The highest BCUT2D eigenvalue weighted by atomic mass is 35.5. The van der Waals surface area contributed by atoms with Crippen LogP contribution in [0.3, 0.4) is 0 Å². The molecule has 0 saturated carbocycles. The number of nitrogens with one attached hydrogen (secondary N) is 1. The number of sulfonamides is 1. The highest BCUT2D eigenvalue weighted by molar-refractivity contribution is 7.89. The lowest BCUT2D eigenvalue weighted by Crippen LogP contribution is -2.37.